The smallest absolute Gasteiger partial charge is 0.408 e. The summed E-state index contributed by atoms with van der Waals surface area (Å²) in [6, 6.07) is 3.66. The quantitative estimate of drug-likeness (QED) is 0.856. The number of amides is 2. The van der Waals surface area contributed by atoms with Crippen LogP contribution in [-0.2, 0) is 16.1 Å². The van der Waals surface area contributed by atoms with Crippen LogP contribution >= 0.6 is 0 Å². The fourth-order valence-electron chi connectivity index (χ4n) is 3.12. The van der Waals surface area contributed by atoms with E-state index in [9.17, 15) is 14.0 Å². The van der Waals surface area contributed by atoms with Crippen LogP contribution in [0.5, 0.6) is 0 Å². The number of carbonyl (C=O) groups excluding carboxylic acids is 2. The highest BCUT2D eigenvalue weighted by Crippen LogP contribution is 2.31. The van der Waals surface area contributed by atoms with Gasteiger partial charge in [0, 0.05) is 25.2 Å². The predicted molar refractivity (Wildman–Crippen MR) is 85.3 cm³/mol. The van der Waals surface area contributed by atoms with Gasteiger partial charge in [0.25, 0.3) is 5.91 Å². The highest BCUT2D eigenvalue weighted by Gasteiger charge is 2.39. The lowest BCUT2D eigenvalue weighted by molar-refractivity contribution is -0.146. The van der Waals surface area contributed by atoms with Gasteiger partial charge in [-0.15, -0.1) is 0 Å². The molecule has 0 saturated carbocycles. The molecule has 2 amide bonds. The first-order valence-electron chi connectivity index (χ1n) is 8.09. The molecule has 1 saturated heterocycles. The number of nitrogens with one attached hydrogen (secondary N) is 1. The molecule has 3 rings (SSSR count). The van der Waals surface area contributed by atoms with E-state index in [4.69, 9.17) is 4.74 Å². The largest absolute Gasteiger partial charge is 0.444 e. The van der Waals surface area contributed by atoms with Gasteiger partial charge in [0.15, 0.2) is 0 Å². The van der Waals surface area contributed by atoms with Crippen molar-refractivity contribution in [2.45, 2.75) is 45.4 Å². The average Bonchev–Trinajstić information content (AvgIpc) is 2.89. The second-order valence-corrected chi connectivity index (χ2v) is 7.09. The zero-order chi connectivity index (χ0) is 17.5. The van der Waals surface area contributed by atoms with Crippen LogP contribution in [0.3, 0.4) is 0 Å². The first kappa shape index (κ1) is 16.7. The molecule has 0 radical (unpaired) electrons. The lowest BCUT2D eigenvalue weighted by Crippen LogP contribution is -2.46. The summed E-state index contributed by atoms with van der Waals surface area (Å²) < 4.78 is 19.6. The summed E-state index contributed by atoms with van der Waals surface area (Å²) in [5, 5.41) is 6.05. The van der Waals surface area contributed by atoms with Gasteiger partial charge < -0.3 is 10.1 Å². The molecule has 0 unspecified atom stereocenters. The SMILES string of the molecule is CC(C)(C)OC(=O)N[C@H]1C(=O)N2CCCN2Cc2c(F)cccc21. The molecule has 0 bridgehead atoms. The maximum atomic E-state index is 14.3. The summed E-state index contributed by atoms with van der Waals surface area (Å²) in [6.07, 6.45) is 0.137. The maximum absolute atomic E-state index is 14.3. The summed E-state index contributed by atoms with van der Waals surface area (Å²) in [5.41, 5.74) is 0.249. The van der Waals surface area contributed by atoms with Crippen LogP contribution in [0.15, 0.2) is 18.2 Å². The second-order valence-electron chi connectivity index (χ2n) is 7.09. The number of nitrogens with zero attached hydrogens (tertiary/aromatic N) is 2. The van der Waals surface area contributed by atoms with Crippen molar-refractivity contribution >= 4 is 12.0 Å². The number of fused-ring (bicyclic) bond motifs is 2. The van der Waals surface area contributed by atoms with Crippen LogP contribution in [0.4, 0.5) is 9.18 Å². The van der Waals surface area contributed by atoms with Gasteiger partial charge in [-0.25, -0.2) is 14.2 Å². The van der Waals surface area contributed by atoms with Crippen molar-refractivity contribution < 1.29 is 18.7 Å². The Kier molecular flexibility index (Phi) is 4.21. The summed E-state index contributed by atoms with van der Waals surface area (Å²) in [4.78, 5) is 25.1. The third-order valence-electron chi connectivity index (χ3n) is 4.10. The van der Waals surface area contributed by atoms with E-state index in [1.807, 2.05) is 5.01 Å². The van der Waals surface area contributed by atoms with E-state index in [-0.39, 0.29) is 11.7 Å². The van der Waals surface area contributed by atoms with Crippen LogP contribution in [0.25, 0.3) is 0 Å². The normalized spacial score (nSPS) is 21.1. The van der Waals surface area contributed by atoms with E-state index in [2.05, 4.69) is 5.32 Å². The first-order valence-corrected chi connectivity index (χ1v) is 8.09. The van der Waals surface area contributed by atoms with E-state index in [1.165, 1.54) is 6.07 Å². The van der Waals surface area contributed by atoms with Crippen LogP contribution < -0.4 is 5.32 Å². The number of ether oxygens (including phenoxy) is 1. The lowest BCUT2D eigenvalue weighted by Gasteiger charge is -2.28. The molecule has 1 fully saturated rings. The summed E-state index contributed by atoms with van der Waals surface area (Å²) >= 11 is 0. The molecule has 1 aromatic rings. The Morgan fingerprint density at radius 2 is 2.08 bits per heavy atom. The number of rotatable bonds is 1. The number of benzene rings is 1. The van der Waals surface area contributed by atoms with Crippen molar-refractivity contribution in [2.75, 3.05) is 13.1 Å². The van der Waals surface area contributed by atoms with Gasteiger partial charge in [0.05, 0.1) is 0 Å². The van der Waals surface area contributed by atoms with Crippen molar-refractivity contribution in [3.8, 4) is 0 Å². The van der Waals surface area contributed by atoms with Crippen LogP contribution in [0.2, 0.25) is 0 Å². The Morgan fingerprint density at radius 3 is 2.79 bits per heavy atom. The van der Waals surface area contributed by atoms with Gasteiger partial charge in [-0.1, -0.05) is 12.1 Å². The minimum atomic E-state index is -0.950. The summed E-state index contributed by atoms with van der Waals surface area (Å²) in [5.74, 6) is -0.632. The van der Waals surface area contributed by atoms with Crippen LogP contribution in [0, 0.1) is 5.82 Å². The Bertz CT molecular complexity index is 672. The fourth-order valence-corrected chi connectivity index (χ4v) is 3.12. The number of hydrogen-bond acceptors (Lipinski definition) is 4. The van der Waals surface area contributed by atoms with Crippen molar-refractivity contribution in [1.82, 2.24) is 15.3 Å². The molecule has 1 aromatic carbocycles. The van der Waals surface area contributed by atoms with E-state index in [0.717, 1.165) is 6.42 Å². The zero-order valence-corrected chi connectivity index (χ0v) is 14.1. The van der Waals surface area contributed by atoms with Gasteiger partial charge in [-0.3, -0.25) is 9.80 Å². The first-order chi connectivity index (χ1) is 11.3. The molecule has 130 valence electrons. The van der Waals surface area contributed by atoms with Gasteiger partial charge in [0.1, 0.15) is 17.5 Å². The van der Waals surface area contributed by atoms with Crippen molar-refractivity contribution in [3.63, 3.8) is 0 Å². The Morgan fingerprint density at radius 1 is 1.33 bits per heavy atom. The van der Waals surface area contributed by atoms with Crippen molar-refractivity contribution in [3.05, 3.63) is 35.1 Å². The van der Waals surface area contributed by atoms with Crippen LogP contribution in [0.1, 0.15) is 44.4 Å². The molecule has 0 aliphatic carbocycles. The van der Waals surface area contributed by atoms with E-state index < -0.39 is 17.7 Å². The molecule has 2 aliphatic heterocycles. The Balaban J connectivity index is 1.95. The molecule has 2 heterocycles. The third kappa shape index (κ3) is 3.21. The highest BCUT2D eigenvalue weighted by molar-refractivity contribution is 5.87. The Labute approximate surface area is 140 Å². The molecular weight excluding hydrogens is 313 g/mol. The van der Waals surface area contributed by atoms with E-state index in [1.54, 1.807) is 37.9 Å². The number of alkyl carbamates (subject to hydrolysis) is 1. The number of carbonyl (C=O) groups is 2. The molecule has 24 heavy (non-hydrogen) atoms. The summed E-state index contributed by atoms with van der Waals surface area (Å²) in [7, 11) is 0. The Hall–Kier alpha value is -2.15. The van der Waals surface area contributed by atoms with Gasteiger partial charge >= 0.3 is 6.09 Å². The molecule has 2 aliphatic rings. The standard InChI is InChI=1S/C17H22FN3O3/c1-17(2,3)24-16(23)19-14-11-6-4-7-13(18)12(11)10-20-8-5-9-21(20)15(14)22/h4,6-7,14H,5,8-10H2,1-3H3,(H,19,23)/t14-/m1/s1. The molecular formula is C17H22FN3O3. The van der Waals surface area contributed by atoms with E-state index >= 15 is 0 Å². The number of halogens is 1. The minimum absolute atomic E-state index is 0.261. The van der Waals surface area contributed by atoms with Crippen LogP contribution in [-0.4, -0.2) is 40.7 Å². The maximum Gasteiger partial charge on any atom is 0.408 e. The topological polar surface area (TPSA) is 61.9 Å². The zero-order valence-electron chi connectivity index (χ0n) is 14.1. The van der Waals surface area contributed by atoms with Gasteiger partial charge in [-0.05, 0) is 38.8 Å². The molecule has 1 atom stereocenters. The minimum Gasteiger partial charge on any atom is -0.444 e. The average molecular weight is 335 g/mol. The van der Waals surface area contributed by atoms with Gasteiger partial charge in [0.2, 0.25) is 0 Å². The molecule has 0 spiro atoms. The molecule has 7 heteroatoms. The molecule has 1 N–H and O–H groups in total. The van der Waals surface area contributed by atoms with Crippen molar-refractivity contribution in [2.24, 2.45) is 0 Å². The molecule has 6 nitrogen and oxygen atoms in total. The number of hydrogen-bond donors (Lipinski definition) is 1. The summed E-state index contributed by atoms with van der Waals surface area (Å²) in [6.45, 7) is 6.83. The highest BCUT2D eigenvalue weighted by atomic mass is 19.1. The second kappa shape index (κ2) is 6.05. The van der Waals surface area contributed by atoms with Gasteiger partial charge in [-0.2, -0.15) is 0 Å². The fraction of sp³-hybridized carbons (Fsp3) is 0.529. The van der Waals surface area contributed by atoms with E-state index in [0.29, 0.717) is 30.8 Å². The predicted octanol–water partition coefficient (Wildman–Crippen LogP) is 2.35. The third-order valence-corrected chi connectivity index (χ3v) is 4.10. The monoisotopic (exact) mass is 335 g/mol. The molecule has 0 aromatic heterocycles. The number of hydrazine groups is 1. The van der Waals surface area contributed by atoms with Crippen molar-refractivity contribution in [1.29, 1.82) is 0 Å². The lowest BCUT2D eigenvalue weighted by atomic mass is 9.99.